The summed E-state index contributed by atoms with van der Waals surface area (Å²) in [5.74, 6) is -0.985. The number of hydrogen-bond donors (Lipinski definition) is 3. The molecule has 0 aromatic heterocycles. The van der Waals surface area contributed by atoms with E-state index in [-0.39, 0.29) is 0 Å². The Balaban J connectivity index is 2.90. The Labute approximate surface area is 129 Å². The van der Waals surface area contributed by atoms with Crippen LogP contribution in [0.25, 0.3) is 0 Å². The predicted molar refractivity (Wildman–Crippen MR) is 83.8 cm³/mol. The van der Waals surface area contributed by atoms with Gasteiger partial charge in [-0.25, -0.2) is 4.79 Å². The first kappa shape index (κ1) is 17.3. The van der Waals surface area contributed by atoms with E-state index in [0.717, 1.165) is 5.56 Å². The van der Waals surface area contributed by atoms with Gasteiger partial charge < -0.3 is 15.7 Å². The Morgan fingerprint density at radius 2 is 1.76 bits per heavy atom. The number of rotatable bonds is 4. The highest BCUT2D eigenvalue weighted by Gasteiger charge is 2.44. The number of carbonyl (C=O) groups excluding carboxylic acids is 1. The average Bonchev–Trinajstić information content (AvgIpc) is 2.33. The molecular weight excluding hydrogens is 292 g/mol. The van der Waals surface area contributed by atoms with Crippen LogP contribution in [0.3, 0.4) is 0 Å². The number of para-hydroxylation sites is 1. The van der Waals surface area contributed by atoms with Crippen LogP contribution in [-0.2, 0) is 4.79 Å². The van der Waals surface area contributed by atoms with E-state index in [1.807, 2.05) is 13.0 Å². The quantitative estimate of drug-likeness (QED) is 0.794. The number of halogens is 1. The van der Waals surface area contributed by atoms with Crippen molar-refractivity contribution in [1.82, 2.24) is 5.32 Å². The van der Waals surface area contributed by atoms with Gasteiger partial charge in [0.15, 0.2) is 0 Å². The number of anilines is 1. The molecule has 2 amide bonds. The molecule has 0 fully saturated rings. The van der Waals surface area contributed by atoms with Crippen molar-refractivity contribution in [3.05, 3.63) is 28.8 Å². The molecule has 0 bridgehead atoms. The second-order valence-corrected chi connectivity index (χ2v) is 6.47. The molecule has 21 heavy (non-hydrogen) atoms. The number of amides is 2. The summed E-state index contributed by atoms with van der Waals surface area (Å²) in [6.45, 7) is 8.29. The molecule has 1 rings (SSSR count). The van der Waals surface area contributed by atoms with Gasteiger partial charge in [-0.1, -0.05) is 23.7 Å². The van der Waals surface area contributed by atoms with Gasteiger partial charge in [0.05, 0.1) is 21.7 Å². The van der Waals surface area contributed by atoms with Crippen LogP contribution in [0, 0.1) is 12.3 Å². The van der Waals surface area contributed by atoms with E-state index in [4.69, 9.17) is 11.6 Å². The summed E-state index contributed by atoms with van der Waals surface area (Å²) in [7, 11) is 0. The molecule has 3 N–H and O–H groups in total. The molecule has 1 aromatic rings. The summed E-state index contributed by atoms with van der Waals surface area (Å²) in [6, 6.07) is 4.80. The standard InChI is InChI=1S/C15H21ClN2O3/c1-9-7-6-8-10(16)11(9)17-13(21)18-15(4,5)14(2,3)12(19)20/h6-8H,1-5H3,(H,19,20)(H2,17,18,21). The third-order valence-corrected chi connectivity index (χ3v) is 4.30. The van der Waals surface area contributed by atoms with Gasteiger partial charge in [-0.2, -0.15) is 0 Å². The maximum absolute atomic E-state index is 12.1. The van der Waals surface area contributed by atoms with Crippen molar-refractivity contribution in [2.24, 2.45) is 5.41 Å². The number of benzene rings is 1. The Morgan fingerprint density at radius 3 is 2.24 bits per heavy atom. The van der Waals surface area contributed by atoms with E-state index in [0.29, 0.717) is 10.7 Å². The molecule has 0 saturated carbocycles. The van der Waals surface area contributed by atoms with Crippen molar-refractivity contribution in [3.63, 3.8) is 0 Å². The summed E-state index contributed by atoms with van der Waals surface area (Å²) in [6.07, 6.45) is 0. The van der Waals surface area contributed by atoms with Crippen LogP contribution >= 0.6 is 11.6 Å². The predicted octanol–water partition coefficient (Wildman–Crippen LogP) is 3.66. The molecule has 0 unspecified atom stereocenters. The smallest absolute Gasteiger partial charge is 0.319 e. The zero-order valence-corrected chi connectivity index (χ0v) is 13.6. The molecule has 0 radical (unpaired) electrons. The molecule has 0 spiro atoms. The Bertz CT molecular complexity index is 548. The minimum atomic E-state index is -1.13. The number of aliphatic carboxylic acids is 1. The number of hydrogen-bond acceptors (Lipinski definition) is 2. The van der Waals surface area contributed by atoms with E-state index in [9.17, 15) is 14.7 Å². The Morgan fingerprint density at radius 1 is 1.19 bits per heavy atom. The second-order valence-electron chi connectivity index (χ2n) is 6.07. The SMILES string of the molecule is Cc1cccc(Cl)c1NC(=O)NC(C)(C)C(C)(C)C(=O)O. The monoisotopic (exact) mass is 312 g/mol. The lowest BCUT2D eigenvalue weighted by Gasteiger charge is -2.38. The van der Waals surface area contributed by atoms with Crippen molar-refractivity contribution >= 4 is 29.3 Å². The van der Waals surface area contributed by atoms with Crippen molar-refractivity contribution in [3.8, 4) is 0 Å². The average molecular weight is 313 g/mol. The van der Waals surface area contributed by atoms with Crippen LogP contribution in [0.5, 0.6) is 0 Å². The molecule has 5 nitrogen and oxygen atoms in total. The molecule has 0 aliphatic carbocycles. The third kappa shape index (κ3) is 3.67. The van der Waals surface area contributed by atoms with Gasteiger partial charge in [0.25, 0.3) is 0 Å². The molecule has 116 valence electrons. The molecule has 0 aliphatic heterocycles. The van der Waals surface area contributed by atoms with E-state index < -0.39 is 23.0 Å². The number of carboxylic acid groups (broad SMARTS) is 1. The van der Waals surface area contributed by atoms with Gasteiger partial charge in [-0.3, -0.25) is 4.79 Å². The number of carbonyl (C=O) groups is 2. The zero-order valence-electron chi connectivity index (χ0n) is 12.9. The van der Waals surface area contributed by atoms with Crippen molar-refractivity contribution in [2.45, 2.75) is 40.2 Å². The summed E-state index contributed by atoms with van der Waals surface area (Å²) >= 11 is 6.05. The maximum atomic E-state index is 12.1. The van der Waals surface area contributed by atoms with Crippen molar-refractivity contribution in [2.75, 3.05) is 5.32 Å². The fourth-order valence-corrected chi connectivity index (χ4v) is 1.91. The van der Waals surface area contributed by atoms with Gasteiger partial charge in [-0.05, 0) is 46.2 Å². The molecular formula is C15H21ClN2O3. The molecule has 1 aromatic carbocycles. The number of carboxylic acids is 1. The lowest BCUT2D eigenvalue weighted by molar-refractivity contribution is -0.150. The topological polar surface area (TPSA) is 78.4 Å². The van der Waals surface area contributed by atoms with Gasteiger partial charge >= 0.3 is 12.0 Å². The van der Waals surface area contributed by atoms with Gasteiger partial charge in [0.2, 0.25) is 0 Å². The van der Waals surface area contributed by atoms with Gasteiger partial charge in [0, 0.05) is 0 Å². The third-order valence-electron chi connectivity index (χ3n) is 3.98. The van der Waals surface area contributed by atoms with E-state index in [1.54, 1.807) is 39.8 Å². The Hall–Kier alpha value is -1.75. The van der Waals surface area contributed by atoms with Gasteiger partial charge in [-0.15, -0.1) is 0 Å². The normalized spacial score (nSPS) is 11.9. The van der Waals surface area contributed by atoms with Crippen LogP contribution in [0.2, 0.25) is 5.02 Å². The first-order valence-corrected chi connectivity index (χ1v) is 6.94. The number of urea groups is 1. The fourth-order valence-electron chi connectivity index (χ4n) is 1.64. The summed E-state index contributed by atoms with van der Waals surface area (Å²) in [5.41, 5.74) is -0.730. The number of aryl methyl sites for hydroxylation is 1. The van der Waals surface area contributed by atoms with Crippen LogP contribution in [0.4, 0.5) is 10.5 Å². The van der Waals surface area contributed by atoms with Crippen LogP contribution < -0.4 is 10.6 Å². The summed E-state index contributed by atoms with van der Waals surface area (Å²) < 4.78 is 0. The summed E-state index contributed by atoms with van der Waals surface area (Å²) in [5, 5.41) is 15.1. The largest absolute Gasteiger partial charge is 0.481 e. The highest BCUT2D eigenvalue weighted by atomic mass is 35.5. The maximum Gasteiger partial charge on any atom is 0.319 e. The number of nitrogens with one attached hydrogen (secondary N) is 2. The van der Waals surface area contributed by atoms with E-state index >= 15 is 0 Å². The molecule has 0 heterocycles. The Kier molecular flexibility index (Phi) is 4.89. The summed E-state index contributed by atoms with van der Waals surface area (Å²) in [4.78, 5) is 23.5. The lowest BCUT2D eigenvalue weighted by atomic mass is 9.74. The molecule has 0 atom stereocenters. The molecule has 0 saturated heterocycles. The first-order chi connectivity index (χ1) is 9.49. The minimum absolute atomic E-state index is 0.431. The highest BCUT2D eigenvalue weighted by Crippen LogP contribution is 2.31. The lowest BCUT2D eigenvalue weighted by Crippen LogP contribution is -2.57. The molecule has 6 heteroatoms. The van der Waals surface area contributed by atoms with Crippen LogP contribution in [0.1, 0.15) is 33.3 Å². The highest BCUT2D eigenvalue weighted by molar-refractivity contribution is 6.33. The van der Waals surface area contributed by atoms with E-state index in [1.165, 1.54) is 0 Å². The first-order valence-electron chi connectivity index (χ1n) is 6.56. The fraction of sp³-hybridized carbons (Fsp3) is 0.467. The van der Waals surface area contributed by atoms with Gasteiger partial charge in [0.1, 0.15) is 0 Å². The van der Waals surface area contributed by atoms with Crippen molar-refractivity contribution < 1.29 is 14.7 Å². The van der Waals surface area contributed by atoms with Crippen LogP contribution in [-0.4, -0.2) is 22.6 Å². The van der Waals surface area contributed by atoms with Crippen molar-refractivity contribution in [1.29, 1.82) is 0 Å². The second kappa shape index (κ2) is 5.93. The van der Waals surface area contributed by atoms with E-state index in [2.05, 4.69) is 10.6 Å². The van der Waals surface area contributed by atoms with Crippen LogP contribution in [0.15, 0.2) is 18.2 Å². The zero-order chi connectivity index (χ0) is 16.4. The minimum Gasteiger partial charge on any atom is -0.481 e. The molecule has 0 aliphatic rings.